The number of anilines is 1. The first kappa shape index (κ1) is 11.4. The van der Waals surface area contributed by atoms with Crippen LogP contribution in [0.4, 0.5) is 5.69 Å². The normalized spacial score (nSPS) is 9.73. The Morgan fingerprint density at radius 1 is 1.20 bits per heavy atom. The maximum atomic E-state index is 11.3. The summed E-state index contributed by atoms with van der Waals surface area (Å²) in [7, 11) is 0. The third kappa shape index (κ3) is 3.54. The zero-order valence-corrected chi connectivity index (χ0v) is 9.04. The zero-order chi connectivity index (χ0) is 11.3. The highest BCUT2D eigenvalue weighted by molar-refractivity contribution is 5.95. The molecule has 0 saturated heterocycles. The van der Waals surface area contributed by atoms with Gasteiger partial charge in [0.15, 0.2) is 5.78 Å². The standard InChI is InChI=1S/C12H15NO2/c1-3-4-12(15)13-11-7-5-10(6-8-11)9(2)14/h5-8H,3-4H2,1-2H3,(H,13,15). The van der Waals surface area contributed by atoms with E-state index in [9.17, 15) is 9.59 Å². The molecule has 0 atom stereocenters. The lowest BCUT2D eigenvalue weighted by molar-refractivity contribution is -0.116. The van der Waals surface area contributed by atoms with Gasteiger partial charge in [0.2, 0.25) is 5.91 Å². The van der Waals surface area contributed by atoms with Crippen LogP contribution in [0, 0.1) is 0 Å². The Balaban J connectivity index is 2.64. The molecule has 0 aliphatic carbocycles. The Labute approximate surface area is 89.5 Å². The fourth-order valence-electron chi connectivity index (χ4n) is 1.24. The molecule has 15 heavy (non-hydrogen) atoms. The van der Waals surface area contributed by atoms with Crippen molar-refractivity contribution in [1.29, 1.82) is 0 Å². The minimum Gasteiger partial charge on any atom is -0.326 e. The third-order valence-corrected chi connectivity index (χ3v) is 2.05. The van der Waals surface area contributed by atoms with Gasteiger partial charge in [0, 0.05) is 17.7 Å². The number of Topliss-reactive ketones (excluding diaryl/α,β-unsaturated/α-hetero) is 1. The van der Waals surface area contributed by atoms with Crippen molar-refractivity contribution in [2.24, 2.45) is 0 Å². The highest BCUT2D eigenvalue weighted by atomic mass is 16.1. The second-order valence-corrected chi connectivity index (χ2v) is 3.43. The summed E-state index contributed by atoms with van der Waals surface area (Å²) in [6.07, 6.45) is 1.35. The van der Waals surface area contributed by atoms with E-state index in [2.05, 4.69) is 5.32 Å². The molecular weight excluding hydrogens is 190 g/mol. The molecule has 0 aliphatic rings. The molecule has 0 fully saturated rings. The van der Waals surface area contributed by atoms with Crippen LogP contribution in [0.1, 0.15) is 37.0 Å². The molecular formula is C12H15NO2. The van der Waals surface area contributed by atoms with Crippen LogP contribution in [-0.4, -0.2) is 11.7 Å². The number of ketones is 1. The molecule has 0 aliphatic heterocycles. The Kier molecular flexibility index (Phi) is 4.03. The number of carbonyl (C=O) groups is 2. The molecule has 0 bridgehead atoms. The molecule has 0 unspecified atom stereocenters. The van der Waals surface area contributed by atoms with E-state index in [1.165, 1.54) is 6.92 Å². The summed E-state index contributed by atoms with van der Waals surface area (Å²) in [6, 6.07) is 6.91. The van der Waals surface area contributed by atoms with E-state index in [-0.39, 0.29) is 11.7 Å². The number of benzene rings is 1. The second-order valence-electron chi connectivity index (χ2n) is 3.43. The summed E-state index contributed by atoms with van der Waals surface area (Å²) < 4.78 is 0. The van der Waals surface area contributed by atoms with E-state index in [0.717, 1.165) is 12.1 Å². The first-order chi connectivity index (χ1) is 7.13. The molecule has 0 aromatic heterocycles. The number of nitrogens with one attached hydrogen (secondary N) is 1. The second kappa shape index (κ2) is 5.29. The van der Waals surface area contributed by atoms with Gasteiger partial charge in [-0.3, -0.25) is 9.59 Å². The topological polar surface area (TPSA) is 46.2 Å². The predicted octanol–water partition coefficient (Wildman–Crippen LogP) is 2.63. The van der Waals surface area contributed by atoms with E-state index in [1.54, 1.807) is 24.3 Å². The van der Waals surface area contributed by atoms with Crippen LogP contribution in [0.25, 0.3) is 0 Å². The molecule has 0 spiro atoms. The van der Waals surface area contributed by atoms with Gasteiger partial charge in [-0.15, -0.1) is 0 Å². The van der Waals surface area contributed by atoms with Gasteiger partial charge in [-0.2, -0.15) is 0 Å². The summed E-state index contributed by atoms with van der Waals surface area (Å²) in [6.45, 7) is 3.48. The Hall–Kier alpha value is -1.64. The van der Waals surface area contributed by atoms with Gasteiger partial charge >= 0.3 is 0 Å². The van der Waals surface area contributed by atoms with Crippen molar-refractivity contribution in [3.8, 4) is 0 Å². The lowest BCUT2D eigenvalue weighted by atomic mass is 10.1. The van der Waals surface area contributed by atoms with E-state index in [1.807, 2.05) is 6.92 Å². The van der Waals surface area contributed by atoms with Crippen molar-refractivity contribution in [3.63, 3.8) is 0 Å². The van der Waals surface area contributed by atoms with Crippen LogP contribution in [0.3, 0.4) is 0 Å². The first-order valence-electron chi connectivity index (χ1n) is 5.04. The number of hydrogen-bond donors (Lipinski definition) is 1. The summed E-state index contributed by atoms with van der Waals surface area (Å²) in [5, 5.41) is 2.76. The van der Waals surface area contributed by atoms with Crippen molar-refractivity contribution in [2.45, 2.75) is 26.7 Å². The predicted molar refractivity (Wildman–Crippen MR) is 60.0 cm³/mol. The molecule has 1 rings (SSSR count). The summed E-state index contributed by atoms with van der Waals surface area (Å²) in [5.41, 5.74) is 1.39. The SMILES string of the molecule is CCCC(=O)Nc1ccc(C(C)=O)cc1. The van der Waals surface area contributed by atoms with Crippen LogP contribution >= 0.6 is 0 Å². The van der Waals surface area contributed by atoms with Gasteiger partial charge in [0.1, 0.15) is 0 Å². The van der Waals surface area contributed by atoms with Crippen LogP contribution in [0.15, 0.2) is 24.3 Å². The minimum absolute atomic E-state index is 0.00748. The van der Waals surface area contributed by atoms with Crippen LogP contribution in [0.5, 0.6) is 0 Å². The first-order valence-corrected chi connectivity index (χ1v) is 5.04. The Morgan fingerprint density at radius 3 is 2.27 bits per heavy atom. The molecule has 0 saturated carbocycles. The van der Waals surface area contributed by atoms with Gasteiger partial charge in [0.05, 0.1) is 0 Å². The highest BCUT2D eigenvalue weighted by Crippen LogP contribution is 2.10. The van der Waals surface area contributed by atoms with Crippen molar-refractivity contribution >= 4 is 17.4 Å². The molecule has 1 aromatic rings. The molecule has 1 N–H and O–H groups in total. The van der Waals surface area contributed by atoms with Crippen molar-refractivity contribution in [2.75, 3.05) is 5.32 Å². The Morgan fingerprint density at radius 2 is 1.80 bits per heavy atom. The van der Waals surface area contributed by atoms with Gasteiger partial charge in [-0.25, -0.2) is 0 Å². The highest BCUT2D eigenvalue weighted by Gasteiger charge is 2.02. The number of carbonyl (C=O) groups excluding carboxylic acids is 2. The lowest BCUT2D eigenvalue weighted by Gasteiger charge is -2.04. The maximum Gasteiger partial charge on any atom is 0.224 e. The lowest BCUT2D eigenvalue weighted by Crippen LogP contribution is -2.10. The average molecular weight is 205 g/mol. The van der Waals surface area contributed by atoms with Crippen molar-refractivity contribution in [1.82, 2.24) is 0 Å². The van der Waals surface area contributed by atoms with E-state index < -0.39 is 0 Å². The van der Waals surface area contributed by atoms with E-state index in [4.69, 9.17) is 0 Å². The number of hydrogen-bond acceptors (Lipinski definition) is 2. The minimum atomic E-state index is 0.00748. The summed E-state index contributed by atoms with van der Waals surface area (Å²) in [5.74, 6) is 0.0366. The van der Waals surface area contributed by atoms with Crippen LogP contribution in [0.2, 0.25) is 0 Å². The van der Waals surface area contributed by atoms with Gasteiger partial charge < -0.3 is 5.32 Å². The molecule has 1 amide bonds. The largest absolute Gasteiger partial charge is 0.326 e. The van der Waals surface area contributed by atoms with Crippen molar-refractivity contribution < 1.29 is 9.59 Å². The number of rotatable bonds is 4. The zero-order valence-electron chi connectivity index (χ0n) is 9.04. The van der Waals surface area contributed by atoms with Crippen LogP contribution in [-0.2, 0) is 4.79 Å². The Bertz CT molecular complexity index is 354. The monoisotopic (exact) mass is 205 g/mol. The van der Waals surface area contributed by atoms with Gasteiger partial charge in [0.25, 0.3) is 0 Å². The molecule has 0 radical (unpaired) electrons. The summed E-state index contributed by atoms with van der Waals surface area (Å²) >= 11 is 0. The average Bonchev–Trinajstić information content (AvgIpc) is 2.18. The third-order valence-electron chi connectivity index (χ3n) is 2.05. The van der Waals surface area contributed by atoms with Crippen LogP contribution < -0.4 is 5.32 Å². The van der Waals surface area contributed by atoms with E-state index in [0.29, 0.717) is 12.0 Å². The maximum absolute atomic E-state index is 11.3. The molecule has 3 nitrogen and oxygen atoms in total. The quantitative estimate of drug-likeness (QED) is 0.768. The molecule has 1 aromatic carbocycles. The van der Waals surface area contributed by atoms with Crippen molar-refractivity contribution in [3.05, 3.63) is 29.8 Å². The molecule has 3 heteroatoms. The number of amides is 1. The summed E-state index contributed by atoms with van der Waals surface area (Å²) in [4.78, 5) is 22.2. The fourth-order valence-corrected chi connectivity index (χ4v) is 1.24. The van der Waals surface area contributed by atoms with E-state index >= 15 is 0 Å². The fraction of sp³-hybridized carbons (Fsp3) is 0.333. The van der Waals surface area contributed by atoms with Gasteiger partial charge in [-0.05, 0) is 37.6 Å². The smallest absolute Gasteiger partial charge is 0.224 e. The molecule has 80 valence electrons. The molecule has 0 heterocycles. The van der Waals surface area contributed by atoms with Gasteiger partial charge in [-0.1, -0.05) is 6.92 Å².